The predicted molar refractivity (Wildman–Crippen MR) is 373 cm³/mol. The number of aliphatic carboxylic acids is 3. The first-order chi connectivity index (χ1) is 51.1. The van der Waals surface area contributed by atoms with Crippen LogP contribution < -0.4 is 70.6 Å². The molecule has 0 unspecified atom stereocenters. The maximum absolute atomic E-state index is 14.7. The van der Waals surface area contributed by atoms with Gasteiger partial charge in [0, 0.05) is 95.8 Å². The van der Waals surface area contributed by atoms with Crippen LogP contribution in [0, 0.1) is 0 Å². The monoisotopic (exact) mass is 1600 g/mol. The topological polar surface area (TPSA) is 374 Å². The molecule has 26 nitrogen and oxygen atoms in total. The number of hydrogen-bond donors (Lipinski definition) is 6. The van der Waals surface area contributed by atoms with Crippen LogP contribution in [0.25, 0.3) is 33.4 Å². The van der Waals surface area contributed by atoms with Gasteiger partial charge in [0.15, 0.2) is 0 Å². The quantitative estimate of drug-likeness (QED) is 0.0141. The summed E-state index contributed by atoms with van der Waals surface area (Å²) in [7, 11) is -6.11. The number of piperidine rings is 1. The Kier molecular flexibility index (Phi) is 31.3. The summed E-state index contributed by atoms with van der Waals surface area (Å²) in [6, 6.07) is 32.8. The highest BCUT2D eigenvalue weighted by Crippen LogP contribution is 2.43. The number of likely N-dealkylation sites (tertiary alicyclic amines) is 1. The van der Waals surface area contributed by atoms with Gasteiger partial charge in [0.25, 0.3) is 0 Å². The Morgan fingerprint density at radius 1 is 0.734 bits per heavy atom. The summed E-state index contributed by atoms with van der Waals surface area (Å²) in [4.78, 5) is 71.9. The van der Waals surface area contributed by atoms with E-state index in [1.165, 1.54) is 33.9 Å². The standard InChI is InChI=1S/C65H79N11O9S3.3C2HF3O2/c1-7-75(8-2)48-24-27-53-58(36-48)85-59-37-49(76(9-3)10-4)25-28-54(59)62(53)55-29-26-52(39-60(55)88(82,83)84)87(80,81)67-32-18-17-23-56(69-61(77)38-51-43-86-65(66)72(51)6)63(78)70-57(35-50-42-74(44-71(50)5)41-46-21-15-12-16-22-46)64(79)68-47-30-33-73(34-31-47)40-45-19-13-11-14-20-45;3*3-2(4,5)1(6)7/h11-16,19-22,24-29,36-37,39,42-44,47,56-57,66-67H,7-10,17-18,23,30-35,38,40-41H2,1-6H3,(H2-2,68,69,70,77,78,79,82,83,84);3*(H,6,7)/t56-,57-;;;/m0.../s1. The number of nitrogens with one attached hydrogen (secondary N) is 5. The van der Waals surface area contributed by atoms with Gasteiger partial charge in [0.2, 0.25) is 39.4 Å². The number of quaternary nitrogens is 1. The summed E-state index contributed by atoms with van der Waals surface area (Å²) in [6.07, 6.45) is -9.67. The molecule has 3 aliphatic rings. The van der Waals surface area contributed by atoms with Crippen LogP contribution in [0.3, 0.4) is 0 Å². The molecule has 592 valence electrons. The number of nitrogen functional groups attached to an aromatic ring is 1. The average molecular weight is 1600 g/mol. The second-order valence-corrected chi connectivity index (χ2v) is 28.9. The SMILES string of the molecule is CCN(CC)c1ccc2c(-c3ccc(S(=O)(=O)NCCCC[C@H](NC(=O)Cc4csc(N)[n+]4C)C(=O)N[C@@H](Cc4c[n+](Cc5ccccc5)cn4C)C(=O)NC4CC[NH+](Cc5ccccc5)CC4)cc3S(=O)(=O)[O-])c3ccc(=[N+](CC)CC)cc-3oc2c1.O=C([O-])C(F)(F)F.O=C([O-])C(F)(F)F.O=C([O-])C(F)(F)F. The molecule has 9 rings (SSSR count). The minimum Gasteiger partial charge on any atom is -0.744 e. The zero-order valence-corrected chi connectivity index (χ0v) is 62.3. The van der Waals surface area contributed by atoms with Gasteiger partial charge >= 0.3 is 23.7 Å². The number of nitrogens with zero attached hydrogens (tertiary/aromatic N) is 5. The number of carbonyl (C=O) groups excluding carboxylic acids is 6. The molecule has 3 amide bonds. The van der Waals surface area contributed by atoms with Crippen LogP contribution in [-0.2, 0) is 88.9 Å². The summed E-state index contributed by atoms with van der Waals surface area (Å²) in [6.45, 7) is 14.1. The Morgan fingerprint density at radius 2 is 1.30 bits per heavy atom. The fraction of sp³-hybridized carbons (Fsp3) is 0.394. The first kappa shape index (κ1) is 87.9. The third kappa shape index (κ3) is 25.8. The number of aryl methyl sites for hydroxylation is 1. The molecule has 2 aliphatic heterocycles. The average Bonchev–Trinajstić information content (AvgIpc) is 1.64. The first-order valence-corrected chi connectivity index (χ1v) is 37.7. The lowest BCUT2D eigenvalue weighted by molar-refractivity contribution is -0.918. The molecular weight excluding hydrogens is 1510 g/mol. The van der Waals surface area contributed by atoms with Gasteiger partial charge in [-0.15, -0.1) is 0 Å². The van der Waals surface area contributed by atoms with E-state index < -0.39 is 90.3 Å². The molecule has 1 saturated heterocycles. The molecule has 2 atom stereocenters. The molecular formula is C71H82F9N11O15S3. The summed E-state index contributed by atoms with van der Waals surface area (Å²) < 4.78 is 180. The summed E-state index contributed by atoms with van der Waals surface area (Å²) in [5.41, 5.74) is 12.1. The lowest BCUT2D eigenvalue weighted by Gasteiger charge is -2.31. The third-order valence-electron chi connectivity index (χ3n) is 17.4. The number of carbonyl (C=O) groups is 6. The molecule has 7 N–H and O–H groups in total. The van der Waals surface area contributed by atoms with Gasteiger partial charge in [-0.2, -0.15) is 39.5 Å². The van der Waals surface area contributed by atoms with Crippen molar-refractivity contribution in [1.29, 1.82) is 0 Å². The Hall–Kier alpha value is -10.0. The highest BCUT2D eigenvalue weighted by molar-refractivity contribution is 7.89. The molecule has 0 spiro atoms. The highest BCUT2D eigenvalue weighted by Gasteiger charge is 2.35. The summed E-state index contributed by atoms with van der Waals surface area (Å²) in [5.74, 6) is -9.98. The largest absolute Gasteiger partial charge is 0.744 e. The van der Waals surface area contributed by atoms with Gasteiger partial charge < -0.3 is 64.4 Å². The number of thiazole rings is 1. The van der Waals surface area contributed by atoms with Crippen LogP contribution in [0.2, 0.25) is 0 Å². The number of benzene rings is 5. The number of imidazole rings is 1. The number of carboxylic acid groups (broad SMARTS) is 3. The van der Waals surface area contributed by atoms with Crippen molar-refractivity contribution >= 4 is 88.9 Å². The van der Waals surface area contributed by atoms with E-state index in [1.807, 2.05) is 141 Å². The molecule has 109 heavy (non-hydrogen) atoms. The number of fused-ring (bicyclic) bond motifs is 2. The summed E-state index contributed by atoms with van der Waals surface area (Å²) >= 11 is 1.28. The number of aromatic nitrogens is 3. The van der Waals surface area contributed by atoms with E-state index in [9.17, 15) is 75.3 Å². The molecule has 0 radical (unpaired) electrons. The second-order valence-electron chi connectivity index (χ2n) is 24.9. The number of rotatable bonds is 27. The number of hydrogen-bond acceptors (Lipinski definition) is 18. The van der Waals surface area contributed by atoms with Gasteiger partial charge in [0.05, 0.1) is 49.5 Å². The van der Waals surface area contributed by atoms with Gasteiger partial charge in [-0.05, 0) is 82.9 Å². The number of sulfonamides is 1. The molecule has 4 aromatic carbocycles. The first-order valence-electron chi connectivity index (χ1n) is 33.9. The molecule has 0 saturated carbocycles. The lowest BCUT2D eigenvalue weighted by Crippen LogP contribution is -3.12. The predicted octanol–water partition coefficient (Wildman–Crippen LogP) is 2.07. The molecule has 0 bridgehead atoms. The van der Waals surface area contributed by atoms with E-state index in [0.29, 0.717) is 45.2 Å². The van der Waals surface area contributed by atoms with E-state index in [4.69, 9.17) is 39.9 Å². The number of alkyl halides is 9. The zero-order valence-electron chi connectivity index (χ0n) is 59.8. The van der Waals surface area contributed by atoms with Crippen LogP contribution in [0.4, 0.5) is 50.3 Å². The number of carboxylic acids is 3. The van der Waals surface area contributed by atoms with E-state index >= 15 is 0 Å². The molecule has 38 heteroatoms. The van der Waals surface area contributed by atoms with Gasteiger partial charge in [-0.1, -0.05) is 78.1 Å². The van der Waals surface area contributed by atoms with Crippen molar-refractivity contribution in [1.82, 2.24) is 29.8 Å². The highest BCUT2D eigenvalue weighted by atomic mass is 32.2. The van der Waals surface area contributed by atoms with Gasteiger partial charge in [0.1, 0.15) is 95.2 Å². The van der Waals surface area contributed by atoms with Crippen LogP contribution in [0.15, 0.2) is 147 Å². The van der Waals surface area contributed by atoms with E-state index in [-0.39, 0.29) is 56.2 Å². The minimum atomic E-state index is -5.30. The molecule has 2 aromatic heterocycles. The van der Waals surface area contributed by atoms with Crippen molar-refractivity contribution in [2.24, 2.45) is 14.1 Å². The van der Waals surface area contributed by atoms with Crippen molar-refractivity contribution in [3.63, 3.8) is 0 Å². The number of anilines is 2. The third-order valence-corrected chi connectivity index (χ3v) is 20.6. The molecule has 1 aliphatic carbocycles. The fourth-order valence-electron chi connectivity index (χ4n) is 11.8. The Labute approximate surface area is 625 Å². The fourth-order valence-corrected chi connectivity index (χ4v) is 14.4. The van der Waals surface area contributed by atoms with E-state index in [2.05, 4.69) is 42.3 Å². The van der Waals surface area contributed by atoms with Crippen molar-refractivity contribution in [3.05, 3.63) is 161 Å². The normalized spacial score (nSPS) is 14.5. The maximum Gasteiger partial charge on any atom is 0.430 e. The Bertz CT molecular complexity index is 4680. The number of halogens is 9. The maximum atomic E-state index is 14.7. The molecule has 4 heterocycles. The van der Waals surface area contributed by atoms with E-state index in [1.54, 1.807) is 17.0 Å². The van der Waals surface area contributed by atoms with Crippen molar-refractivity contribution in [3.8, 4) is 22.5 Å². The van der Waals surface area contributed by atoms with Crippen molar-refractivity contribution in [2.45, 2.75) is 132 Å². The van der Waals surface area contributed by atoms with Crippen LogP contribution >= 0.6 is 11.3 Å². The molecule has 1 fully saturated rings. The van der Waals surface area contributed by atoms with Gasteiger partial charge in [-0.25, -0.2) is 39.8 Å². The second kappa shape index (κ2) is 38.9. The zero-order chi connectivity index (χ0) is 80.9. The van der Waals surface area contributed by atoms with Crippen LogP contribution in [0.5, 0.6) is 0 Å². The Morgan fingerprint density at radius 3 is 1.83 bits per heavy atom. The number of amides is 3. The minimum absolute atomic E-state index is 0.0179. The van der Waals surface area contributed by atoms with E-state index in [0.717, 1.165) is 87.0 Å². The van der Waals surface area contributed by atoms with Crippen LogP contribution in [0.1, 0.15) is 82.3 Å². The lowest BCUT2D eigenvalue weighted by atomic mass is 9.93. The Balaban J connectivity index is 0.000000773. The van der Waals surface area contributed by atoms with Crippen molar-refractivity contribution in [2.75, 3.05) is 56.4 Å². The smallest absolute Gasteiger partial charge is 0.430 e. The van der Waals surface area contributed by atoms with Gasteiger partial charge in [-0.3, -0.25) is 20.1 Å². The van der Waals surface area contributed by atoms with Crippen LogP contribution in [-0.4, -0.2) is 144 Å². The number of unbranched alkanes of at least 4 members (excludes halogenated alkanes) is 1. The number of nitrogens with two attached hydrogens (primary N) is 1. The summed E-state index contributed by atoms with van der Waals surface area (Å²) in [5, 5.41) is 39.2. The van der Waals surface area contributed by atoms with Crippen molar-refractivity contribution < 1.29 is 123 Å². The molecule has 6 aromatic rings.